The summed E-state index contributed by atoms with van der Waals surface area (Å²) in [4.78, 5) is 51.6. The molecule has 10 heteroatoms. The van der Waals surface area contributed by atoms with Crippen molar-refractivity contribution < 1.29 is 23.6 Å². The Labute approximate surface area is 161 Å². The summed E-state index contributed by atoms with van der Waals surface area (Å²) in [5.41, 5.74) is 3.82. The molecule has 3 rings (SSSR count). The number of benzene rings is 1. The molecule has 2 aromatic rings. The first kappa shape index (κ1) is 19.0. The quantitative estimate of drug-likeness (QED) is 0.728. The second kappa shape index (κ2) is 7.09. The molecule has 1 fully saturated rings. The summed E-state index contributed by atoms with van der Waals surface area (Å²) in [5, 5.41) is 0.832. The van der Waals surface area contributed by atoms with E-state index in [2.05, 4.69) is 10.3 Å². The van der Waals surface area contributed by atoms with Crippen LogP contribution in [0.5, 0.6) is 0 Å². The maximum atomic E-state index is 13.3. The Morgan fingerprint density at radius 2 is 1.93 bits per heavy atom. The van der Waals surface area contributed by atoms with Crippen LogP contribution in [-0.2, 0) is 14.4 Å². The standard InChI is InChI=1S/C17H11ClFN3O4S/c18-9-6-8(4-5-10(9)19)11-2-1-3-12(21-11)14(24)22-17(7-13(20)23)15(25)27-16(17)26/h1-6H,7H2,(H2,20,23)(H,22,24). The SMILES string of the molecule is NC(=O)CC1(NC(=O)c2cccc(-c3ccc(F)c(Cl)c3)n2)C(=O)SC1=O. The third-order valence-corrected chi connectivity index (χ3v) is 5.20. The van der Waals surface area contributed by atoms with E-state index in [1.165, 1.54) is 24.3 Å². The van der Waals surface area contributed by atoms with E-state index in [0.717, 1.165) is 6.07 Å². The highest BCUT2D eigenvalue weighted by atomic mass is 35.5. The molecule has 7 nitrogen and oxygen atoms in total. The molecule has 0 bridgehead atoms. The van der Waals surface area contributed by atoms with Crippen LogP contribution in [0.25, 0.3) is 11.3 Å². The van der Waals surface area contributed by atoms with E-state index in [0.29, 0.717) is 23.0 Å². The van der Waals surface area contributed by atoms with E-state index >= 15 is 0 Å². The average molecular weight is 408 g/mol. The van der Waals surface area contributed by atoms with Gasteiger partial charge < -0.3 is 11.1 Å². The van der Waals surface area contributed by atoms with Crippen molar-refractivity contribution in [2.45, 2.75) is 12.0 Å². The second-order valence-electron chi connectivity index (χ2n) is 5.72. The Hall–Kier alpha value is -2.78. The van der Waals surface area contributed by atoms with Crippen LogP contribution in [-0.4, -0.2) is 32.6 Å². The lowest BCUT2D eigenvalue weighted by atomic mass is 9.96. The van der Waals surface area contributed by atoms with Gasteiger partial charge in [0.15, 0.2) is 5.54 Å². The van der Waals surface area contributed by atoms with E-state index in [9.17, 15) is 23.6 Å². The van der Waals surface area contributed by atoms with Crippen LogP contribution in [0.4, 0.5) is 4.39 Å². The number of pyridine rings is 1. The first-order chi connectivity index (χ1) is 12.7. The third kappa shape index (κ3) is 3.56. The molecule has 2 heterocycles. The van der Waals surface area contributed by atoms with Gasteiger partial charge >= 0.3 is 0 Å². The second-order valence-corrected chi connectivity index (χ2v) is 7.07. The van der Waals surface area contributed by atoms with Gasteiger partial charge in [-0.25, -0.2) is 9.37 Å². The number of thioether (sulfide) groups is 1. The van der Waals surface area contributed by atoms with E-state index in [-0.39, 0.29) is 10.7 Å². The first-order valence-electron chi connectivity index (χ1n) is 7.53. The van der Waals surface area contributed by atoms with Crippen LogP contribution in [0.3, 0.4) is 0 Å². The summed E-state index contributed by atoms with van der Waals surface area (Å²) in [7, 11) is 0. The molecule has 1 aliphatic rings. The number of rotatable bonds is 5. The van der Waals surface area contributed by atoms with E-state index in [1.54, 1.807) is 6.07 Å². The molecule has 0 saturated carbocycles. The fourth-order valence-corrected chi connectivity index (χ4v) is 3.46. The predicted octanol–water partition coefficient (Wildman–Crippen LogP) is 1.69. The number of carbonyl (C=O) groups excluding carboxylic acids is 4. The summed E-state index contributed by atoms with van der Waals surface area (Å²) in [6, 6.07) is 8.42. The molecule has 1 aliphatic heterocycles. The van der Waals surface area contributed by atoms with Gasteiger partial charge in [0.1, 0.15) is 11.5 Å². The van der Waals surface area contributed by atoms with Crippen LogP contribution in [0.1, 0.15) is 16.9 Å². The van der Waals surface area contributed by atoms with Crippen molar-refractivity contribution in [3.8, 4) is 11.3 Å². The monoisotopic (exact) mass is 407 g/mol. The molecule has 0 aliphatic carbocycles. The van der Waals surface area contributed by atoms with Crippen molar-refractivity contribution in [3.63, 3.8) is 0 Å². The largest absolute Gasteiger partial charge is 0.370 e. The van der Waals surface area contributed by atoms with Crippen LogP contribution in [0.2, 0.25) is 5.02 Å². The summed E-state index contributed by atoms with van der Waals surface area (Å²) >= 11 is 6.16. The van der Waals surface area contributed by atoms with Gasteiger partial charge in [0.2, 0.25) is 16.1 Å². The van der Waals surface area contributed by atoms with Crippen LogP contribution in [0.15, 0.2) is 36.4 Å². The lowest BCUT2D eigenvalue weighted by molar-refractivity contribution is -0.134. The highest BCUT2D eigenvalue weighted by molar-refractivity contribution is 8.30. The number of hydrogen-bond donors (Lipinski definition) is 2. The van der Waals surface area contributed by atoms with Gasteiger partial charge in [-0.2, -0.15) is 0 Å². The molecular weight excluding hydrogens is 397 g/mol. The van der Waals surface area contributed by atoms with Gasteiger partial charge in [0.05, 0.1) is 17.1 Å². The number of carbonyl (C=O) groups is 4. The molecule has 1 aromatic carbocycles. The van der Waals surface area contributed by atoms with Gasteiger partial charge in [0.25, 0.3) is 5.91 Å². The number of halogens is 2. The molecule has 0 unspecified atom stereocenters. The highest BCUT2D eigenvalue weighted by Gasteiger charge is 2.58. The van der Waals surface area contributed by atoms with Crippen LogP contribution >= 0.6 is 23.4 Å². The zero-order valence-electron chi connectivity index (χ0n) is 13.5. The van der Waals surface area contributed by atoms with Crippen molar-refractivity contribution >= 4 is 45.4 Å². The number of nitrogens with two attached hydrogens (primary N) is 1. The Kier molecular flexibility index (Phi) is 4.99. The summed E-state index contributed by atoms with van der Waals surface area (Å²) < 4.78 is 13.3. The van der Waals surface area contributed by atoms with E-state index < -0.39 is 39.8 Å². The molecule has 138 valence electrons. The molecule has 27 heavy (non-hydrogen) atoms. The van der Waals surface area contributed by atoms with Gasteiger partial charge in [-0.05, 0) is 42.1 Å². The maximum Gasteiger partial charge on any atom is 0.271 e. The van der Waals surface area contributed by atoms with Crippen molar-refractivity contribution in [1.29, 1.82) is 0 Å². The van der Waals surface area contributed by atoms with Crippen molar-refractivity contribution in [2.24, 2.45) is 5.73 Å². The van der Waals surface area contributed by atoms with Crippen molar-refractivity contribution in [1.82, 2.24) is 10.3 Å². The minimum atomic E-state index is -1.97. The lowest BCUT2D eigenvalue weighted by Crippen LogP contribution is -2.66. The molecule has 3 N–H and O–H groups in total. The van der Waals surface area contributed by atoms with Gasteiger partial charge in [-0.3, -0.25) is 19.2 Å². The summed E-state index contributed by atoms with van der Waals surface area (Å²) in [5.74, 6) is -2.32. The van der Waals surface area contributed by atoms with Crippen molar-refractivity contribution in [3.05, 3.63) is 52.9 Å². The number of nitrogens with zero attached hydrogens (tertiary/aromatic N) is 1. The fourth-order valence-electron chi connectivity index (χ4n) is 2.48. The zero-order chi connectivity index (χ0) is 19.8. The molecule has 0 spiro atoms. The number of aromatic nitrogens is 1. The number of amides is 2. The minimum absolute atomic E-state index is 0.103. The maximum absolute atomic E-state index is 13.3. The van der Waals surface area contributed by atoms with Gasteiger partial charge in [0, 0.05) is 5.56 Å². The molecule has 1 aromatic heterocycles. The Morgan fingerprint density at radius 3 is 2.52 bits per heavy atom. The number of nitrogens with one attached hydrogen (secondary N) is 1. The normalized spacial score (nSPS) is 15.2. The molecule has 0 radical (unpaired) electrons. The van der Waals surface area contributed by atoms with E-state index in [4.69, 9.17) is 17.3 Å². The van der Waals surface area contributed by atoms with Gasteiger partial charge in [-0.15, -0.1) is 0 Å². The zero-order valence-corrected chi connectivity index (χ0v) is 15.1. The molecule has 2 amide bonds. The molecule has 0 atom stereocenters. The van der Waals surface area contributed by atoms with Crippen molar-refractivity contribution in [2.75, 3.05) is 0 Å². The van der Waals surface area contributed by atoms with E-state index in [1.807, 2.05) is 0 Å². The Balaban J connectivity index is 1.89. The minimum Gasteiger partial charge on any atom is -0.370 e. The summed E-state index contributed by atoms with van der Waals surface area (Å²) in [6.45, 7) is 0. The fraction of sp³-hybridized carbons (Fsp3) is 0.118. The highest BCUT2D eigenvalue weighted by Crippen LogP contribution is 2.36. The first-order valence-corrected chi connectivity index (χ1v) is 8.72. The molecular formula is C17H11ClFN3O4S. The average Bonchev–Trinajstić information content (AvgIpc) is 2.63. The lowest BCUT2D eigenvalue weighted by Gasteiger charge is -2.36. The molecule has 1 saturated heterocycles. The van der Waals surface area contributed by atoms with Crippen LogP contribution in [0, 0.1) is 5.82 Å². The number of hydrogen-bond acceptors (Lipinski definition) is 6. The topological polar surface area (TPSA) is 119 Å². The van der Waals surface area contributed by atoms with Gasteiger partial charge in [-0.1, -0.05) is 17.7 Å². The smallest absolute Gasteiger partial charge is 0.271 e. The Bertz CT molecular complexity index is 984. The van der Waals surface area contributed by atoms with Crippen LogP contribution < -0.4 is 11.1 Å². The Morgan fingerprint density at radius 1 is 1.22 bits per heavy atom. The predicted molar refractivity (Wildman–Crippen MR) is 96.3 cm³/mol. The third-order valence-electron chi connectivity index (χ3n) is 3.85. The number of primary amides is 1. The summed E-state index contributed by atoms with van der Waals surface area (Å²) in [6.07, 6.45) is -0.628.